The fourth-order valence-electron chi connectivity index (χ4n) is 10.4. The molecule has 6 N–H and O–H groups in total. The van der Waals surface area contributed by atoms with Gasteiger partial charge in [-0.3, -0.25) is 33.7 Å². The molecule has 5 amide bonds. The number of alkyl halides is 3. The maximum atomic E-state index is 16.0. The summed E-state index contributed by atoms with van der Waals surface area (Å²) in [4.78, 5) is 93.6. The Balaban J connectivity index is 0.890. The fourth-order valence-corrected chi connectivity index (χ4v) is 11.2. The molecule has 2 aliphatic heterocycles. The van der Waals surface area contributed by atoms with Crippen molar-refractivity contribution in [3.05, 3.63) is 140 Å². The number of likely N-dealkylation sites (N-methyl/N-ethyl adjacent to an activating group) is 1. The number of nitrogens with one attached hydrogen (secondary N) is 5. The van der Waals surface area contributed by atoms with Gasteiger partial charge in [0.05, 0.1) is 62.8 Å². The maximum absolute atomic E-state index is 16.0. The van der Waals surface area contributed by atoms with Crippen molar-refractivity contribution in [2.45, 2.75) is 110 Å². The van der Waals surface area contributed by atoms with Gasteiger partial charge in [-0.1, -0.05) is 55.4 Å². The van der Waals surface area contributed by atoms with Crippen LogP contribution < -0.4 is 31.7 Å². The lowest BCUT2D eigenvalue weighted by molar-refractivity contribution is -0.141. The zero-order valence-electron chi connectivity index (χ0n) is 45.9. The van der Waals surface area contributed by atoms with Crippen molar-refractivity contribution in [2.24, 2.45) is 5.92 Å². The van der Waals surface area contributed by atoms with E-state index in [4.69, 9.17) is 4.52 Å². The number of benzene rings is 3. The topological polar surface area (TPSA) is 235 Å². The summed E-state index contributed by atoms with van der Waals surface area (Å²) in [6.45, 7) is 12.8. The number of aliphatic hydroxyl groups excluding tert-OH is 1. The first kappa shape index (κ1) is 59.4. The monoisotopic (exact) mass is 1140 g/mol. The number of β-amino-alcohol motifs (C(OH)–C–C–N with tert-alkyl or cyclic N) is 1. The molecule has 430 valence electrons. The number of H-pyrrole nitrogens is 1. The minimum atomic E-state index is -5.01. The van der Waals surface area contributed by atoms with Gasteiger partial charge in [-0.2, -0.15) is 13.2 Å². The number of aromatic amines is 1. The first-order valence-electron chi connectivity index (χ1n) is 26.8. The van der Waals surface area contributed by atoms with Gasteiger partial charge in [0.1, 0.15) is 23.5 Å². The van der Waals surface area contributed by atoms with Crippen molar-refractivity contribution in [1.29, 1.82) is 0 Å². The maximum Gasteiger partial charge on any atom is 0.417 e. The molecule has 2 fully saturated rings. The van der Waals surface area contributed by atoms with Crippen molar-refractivity contribution in [2.75, 3.05) is 50.0 Å². The van der Waals surface area contributed by atoms with Gasteiger partial charge < -0.3 is 45.7 Å². The first-order valence-corrected chi connectivity index (χ1v) is 27.6. The van der Waals surface area contributed by atoms with Crippen molar-refractivity contribution in [3.8, 4) is 21.6 Å². The molecular formula is C58H66F4N10O8S. The predicted octanol–water partition coefficient (Wildman–Crippen LogP) is 7.98. The van der Waals surface area contributed by atoms with Crippen LogP contribution in [0.25, 0.3) is 21.6 Å². The van der Waals surface area contributed by atoms with Crippen LogP contribution in [0.2, 0.25) is 0 Å². The number of pyridine rings is 1. The average molecular weight is 1140 g/mol. The van der Waals surface area contributed by atoms with E-state index < -0.39 is 70.5 Å². The Hall–Kier alpha value is -7.76. The van der Waals surface area contributed by atoms with E-state index in [1.165, 1.54) is 34.4 Å². The zero-order valence-corrected chi connectivity index (χ0v) is 46.8. The van der Waals surface area contributed by atoms with Crippen molar-refractivity contribution in [3.63, 3.8) is 0 Å². The molecule has 0 bridgehead atoms. The normalized spacial score (nSPS) is 18.4. The Labute approximate surface area is 469 Å². The predicted molar refractivity (Wildman–Crippen MR) is 298 cm³/mol. The number of hydrogen-bond acceptors (Lipinski definition) is 13. The lowest BCUT2D eigenvalue weighted by Gasteiger charge is -2.44. The highest BCUT2D eigenvalue weighted by molar-refractivity contribution is 7.13. The van der Waals surface area contributed by atoms with E-state index in [1.54, 1.807) is 30.6 Å². The number of halogens is 4. The third kappa shape index (κ3) is 14.1. The number of aliphatic hydroxyl groups is 1. The van der Waals surface area contributed by atoms with Gasteiger partial charge in [-0.25, -0.2) is 9.37 Å². The van der Waals surface area contributed by atoms with Crippen LogP contribution in [-0.2, 0) is 20.6 Å². The molecule has 8 rings (SSSR count). The number of amides is 5. The molecule has 18 nitrogen and oxygen atoms in total. The van der Waals surface area contributed by atoms with E-state index in [-0.39, 0.29) is 84.7 Å². The Morgan fingerprint density at radius 3 is 2.21 bits per heavy atom. The van der Waals surface area contributed by atoms with Crippen molar-refractivity contribution >= 4 is 52.2 Å². The zero-order chi connectivity index (χ0) is 58.4. The van der Waals surface area contributed by atoms with Crippen LogP contribution in [0.3, 0.4) is 0 Å². The van der Waals surface area contributed by atoms with Gasteiger partial charge in [-0.15, -0.1) is 11.3 Å². The first-order chi connectivity index (χ1) is 38.5. The Morgan fingerprint density at radius 1 is 0.889 bits per heavy atom. The van der Waals surface area contributed by atoms with Crippen LogP contribution in [0.5, 0.6) is 0 Å². The summed E-state index contributed by atoms with van der Waals surface area (Å²) in [5.41, 5.74) is 2.44. The molecule has 3 aromatic carbocycles. The summed E-state index contributed by atoms with van der Waals surface area (Å²) in [6.07, 6.45) is -4.55. The summed E-state index contributed by atoms with van der Waals surface area (Å²) in [5.74, 6) is -4.38. The van der Waals surface area contributed by atoms with Crippen LogP contribution in [0.4, 0.5) is 28.9 Å². The largest absolute Gasteiger partial charge is 0.417 e. The van der Waals surface area contributed by atoms with E-state index in [2.05, 4.69) is 41.3 Å². The molecule has 6 atom stereocenters. The fraction of sp³-hybridized carbons (Fsp3) is 0.414. The van der Waals surface area contributed by atoms with Gasteiger partial charge in [0.2, 0.25) is 23.3 Å². The van der Waals surface area contributed by atoms with E-state index in [0.717, 1.165) is 22.2 Å². The van der Waals surface area contributed by atoms with Crippen LogP contribution in [0, 0.1) is 25.6 Å². The number of carbonyl (C=O) groups is 5. The van der Waals surface area contributed by atoms with E-state index >= 15 is 4.39 Å². The Kier molecular flexibility index (Phi) is 18.6. The number of thiazole rings is 1. The number of nitrogens with zero attached hydrogens (tertiary/aromatic N) is 5. The highest BCUT2D eigenvalue weighted by Gasteiger charge is 2.44. The highest BCUT2D eigenvalue weighted by atomic mass is 32.1. The number of piperazine rings is 1. The molecular weight excluding hydrogens is 1070 g/mol. The lowest BCUT2D eigenvalue weighted by Crippen LogP contribution is -2.55. The third-order valence-electron chi connectivity index (χ3n) is 15.0. The smallest absolute Gasteiger partial charge is 0.391 e. The number of rotatable bonds is 19. The minimum absolute atomic E-state index is 0.00457. The SMILES string of the molecule is Cc1cc([C@H](C(=O)N2C[C@H](O)C[C@H]2C(=O)N[C@@H](CC(=O)NCCCCNC(=O)c2ccc(-c3ccc(N4C[C@@H](C)N(C)[C@@H](C)C4)c(NC(=O)c4c[nH]c(=O)cc4C(F)(F)F)c3)c(F)c2)c2ccc(-c3scnc3C)cc2)C(C)C)on1. The standard InChI is InChI=1S/C58H66F4N10O8S/c1-31(2)52(49-20-32(3)69-80-49)57(79)72-29-40(73)23-48(72)56(78)67-45(36-10-12-37(13-11-36)53-35(6)66-30-81-53)25-51(75)63-18-8-9-19-64-54(76)39-14-16-41(44(59)21-39)38-15-17-47(71-27-33(4)70(7)34(5)28-71)46(22-38)68-55(77)42-26-65-50(74)24-43(42)58(60,61)62/h10-17,20-22,24,26,30-31,33-34,40,45,48,52,73H,8-9,18-19,23,25,27-29H2,1-7H3,(H,63,75)(H,64,76)(H,65,74)(H,67,78)(H,68,77)/t33-,34+,40-,45+,48+,52-/m1/s1. The third-order valence-corrected chi connectivity index (χ3v) is 15.9. The lowest BCUT2D eigenvalue weighted by atomic mass is 9.91. The van der Waals surface area contributed by atoms with Crippen molar-refractivity contribution in [1.82, 2.24) is 40.9 Å². The molecule has 0 spiro atoms. The molecule has 23 heteroatoms. The summed E-state index contributed by atoms with van der Waals surface area (Å²) < 4.78 is 63.5. The molecule has 0 radical (unpaired) electrons. The summed E-state index contributed by atoms with van der Waals surface area (Å²) in [5, 5.41) is 26.0. The molecule has 2 aliphatic rings. The van der Waals surface area contributed by atoms with Gasteiger partial charge in [-0.05, 0) is 94.5 Å². The van der Waals surface area contributed by atoms with Gasteiger partial charge in [0.15, 0.2) is 0 Å². The molecule has 0 saturated carbocycles. The molecule has 5 heterocycles. The number of aromatic nitrogens is 3. The number of likely N-dealkylation sites (tertiary alicyclic amines) is 1. The van der Waals surface area contributed by atoms with Crippen LogP contribution in [-0.4, -0.2) is 124 Å². The van der Waals surface area contributed by atoms with Crippen LogP contribution in [0.1, 0.15) is 114 Å². The van der Waals surface area contributed by atoms with E-state index in [0.29, 0.717) is 60.9 Å². The molecule has 2 saturated heterocycles. The number of hydrogen-bond donors (Lipinski definition) is 6. The highest BCUT2D eigenvalue weighted by Crippen LogP contribution is 2.38. The molecule has 81 heavy (non-hydrogen) atoms. The Morgan fingerprint density at radius 2 is 1.58 bits per heavy atom. The van der Waals surface area contributed by atoms with E-state index in [9.17, 15) is 47.0 Å². The number of carbonyl (C=O) groups excluding carboxylic acids is 5. The second-order valence-corrected chi connectivity index (χ2v) is 22.1. The molecule has 6 aromatic rings. The summed E-state index contributed by atoms with van der Waals surface area (Å²) in [7, 11) is 1.98. The number of aryl methyl sites for hydroxylation is 2. The van der Waals surface area contributed by atoms with E-state index in [1.807, 2.05) is 70.8 Å². The van der Waals surface area contributed by atoms with Gasteiger partial charge in [0.25, 0.3) is 11.8 Å². The average Bonchev–Trinajstić information content (AvgIpc) is 4.39. The Bertz CT molecular complexity index is 3320. The second kappa shape index (κ2) is 25.4. The molecule has 0 aliphatic carbocycles. The number of unbranched alkanes of at least 4 members (excludes halogenated alkanes) is 1. The quantitative estimate of drug-likeness (QED) is 0.0335. The summed E-state index contributed by atoms with van der Waals surface area (Å²) >= 11 is 1.49. The molecule has 0 unspecified atom stereocenters. The number of anilines is 2. The van der Waals surface area contributed by atoms with Crippen LogP contribution in [0.15, 0.2) is 93.8 Å². The van der Waals surface area contributed by atoms with Crippen LogP contribution >= 0.6 is 11.3 Å². The summed E-state index contributed by atoms with van der Waals surface area (Å²) in [6, 6.07) is 16.3. The van der Waals surface area contributed by atoms with Gasteiger partial charge >= 0.3 is 6.18 Å². The minimum Gasteiger partial charge on any atom is -0.391 e. The molecule has 3 aromatic heterocycles. The second-order valence-electron chi connectivity index (χ2n) is 21.2. The van der Waals surface area contributed by atoms with Crippen molar-refractivity contribution < 1.29 is 51.2 Å². The van der Waals surface area contributed by atoms with Gasteiger partial charge in [0, 0.05) is 80.7 Å².